The fraction of sp³-hybridized carbons (Fsp3) is 0.556. The van der Waals surface area contributed by atoms with Crippen LogP contribution in [0.4, 0.5) is 5.95 Å². The highest BCUT2D eigenvalue weighted by Crippen LogP contribution is 2.08. The lowest BCUT2D eigenvalue weighted by Crippen LogP contribution is -2.37. The minimum absolute atomic E-state index is 0.761. The second kappa shape index (κ2) is 3.70. The highest BCUT2D eigenvalue weighted by atomic mass is 16.5. The van der Waals surface area contributed by atoms with Gasteiger partial charge in [-0.3, -0.25) is 0 Å². The van der Waals surface area contributed by atoms with Crippen molar-refractivity contribution in [3.8, 4) is 0 Å². The van der Waals surface area contributed by atoms with Gasteiger partial charge in [-0.15, -0.1) is 0 Å². The maximum Gasteiger partial charge on any atom is 0.226 e. The summed E-state index contributed by atoms with van der Waals surface area (Å²) >= 11 is 0. The number of hydrogen-bond donors (Lipinski definition) is 0. The first-order valence-corrected chi connectivity index (χ1v) is 4.41. The average molecular weight is 178 g/mol. The second-order valence-electron chi connectivity index (χ2n) is 3.04. The zero-order valence-electron chi connectivity index (χ0n) is 7.66. The number of ether oxygens (including phenoxy) is 1. The van der Waals surface area contributed by atoms with Crippen LogP contribution < -0.4 is 4.90 Å². The van der Waals surface area contributed by atoms with Gasteiger partial charge >= 0.3 is 0 Å². The SMILES string of the molecule is Cc1c[c]nc(N2CCOCC2)n1. The van der Waals surface area contributed by atoms with E-state index in [1.54, 1.807) is 6.07 Å². The van der Waals surface area contributed by atoms with Gasteiger partial charge in [-0.2, -0.15) is 0 Å². The molecule has 4 heteroatoms. The summed E-state index contributed by atoms with van der Waals surface area (Å²) < 4.78 is 5.24. The summed E-state index contributed by atoms with van der Waals surface area (Å²) in [4.78, 5) is 10.5. The summed E-state index contributed by atoms with van der Waals surface area (Å²) in [7, 11) is 0. The number of anilines is 1. The van der Waals surface area contributed by atoms with Crippen molar-refractivity contribution in [2.75, 3.05) is 31.2 Å². The highest BCUT2D eigenvalue weighted by molar-refractivity contribution is 5.29. The average Bonchev–Trinajstić information content (AvgIpc) is 2.19. The molecule has 0 atom stereocenters. The quantitative estimate of drug-likeness (QED) is 0.624. The van der Waals surface area contributed by atoms with E-state index < -0.39 is 0 Å². The van der Waals surface area contributed by atoms with Crippen LogP contribution in [0.25, 0.3) is 0 Å². The van der Waals surface area contributed by atoms with Crippen LogP contribution in [0.3, 0.4) is 0 Å². The molecule has 0 bridgehead atoms. The van der Waals surface area contributed by atoms with Crippen molar-refractivity contribution in [2.45, 2.75) is 6.92 Å². The van der Waals surface area contributed by atoms with Crippen LogP contribution in [-0.4, -0.2) is 36.3 Å². The van der Waals surface area contributed by atoms with Gasteiger partial charge in [-0.1, -0.05) is 0 Å². The summed E-state index contributed by atoms with van der Waals surface area (Å²) in [6.07, 6.45) is 2.83. The molecule has 1 saturated heterocycles. The molecule has 1 aliphatic heterocycles. The molecule has 1 fully saturated rings. The summed E-state index contributed by atoms with van der Waals surface area (Å²) in [6, 6.07) is 1.78. The predicted molar refractivity (Wildman–Crippen MR) is 48.6 cm³/mol. The molecule has 2 heterocycles. The van der Waals surface area contributed by atoms with Gasteiger partial charge in [0.2, 0.25) is 5.95 Å². The molecule has 1 aromatic rings. The van der Waals surface area contributed by atoms with Crippen molar-refractivity contribution in [3.05, 3.63) is 18.0 Å². The van der Waals surface area contributed by atoms with E-state index in [2.05, 4.69) is 21.1 Å². The minimum Gasteiger partial charge on any atom is -0.378 e. The first-order valence-electron chi connectivity index (χ1n) is 4.41. The topological polar surface area (TPSA) is 38.2 Å². The Morgan fingerprint density at radius 3 is 2.92 bits per heavy atom. The Bertz CT molecular complexity index is 284. The molecular formula is C9H12N3O. The Morgan fingerprint density at radius 1 is 1.46 bits per heavy atom. The number of nitrogens with zero attached hydrogens (tertiary/aromatic N) is 3. The molecule has 69 valence electrons. The van der Waals surface area contributed by atoms with E-state index in [1.807, 2.05) is 6.92 Å². The third-order valence-corrected chi connectivity index (χ3v) is 2.01. The van der Waals surface area contributed by atoms with E-state index in [0.717, 1.165) is 37.9 Å². The maximum absolute atomic E-state index is 5.24. The molecule has 0 saturated carbocycles. The van der Waals surface area contributed by atoms with Crippen LogP contribution in [0, 0.1) is 13.1 Å². The van der Waals surface area contributed by atoms with Crippen molar-refractivity contribution in [3.63, 3.8) is 0 Å². The Labute approximate surface area is 77.6 Å². The Hall–Kier alpha value is -1.16. The zero-order chi connectivity index (χ0) is 9.10. The first-order chi connectivity index (χ1) is 6.36. The van der Waals surface area contributed by atoms with Crippen LogP contribution in [0.1, 0.15) is 5.69 Å². The van der Waals surface area contributed by atoms with Crippen LogP contribution in [-0.2, 0) is 4.74 Å². The van der Waals surface area contributed by atoms with E-state index in [-0.39, 0.29) is 0 Å². The maximum atomic E-state index is 5.24. The number of aryl methyl sites for hydroxylation is 1. The molecule has 4 nitrogen and oxygen atoms in total. The Balaban J connectivity index is 2.14. The first kappa shape index (κ1) is 8.44. The van der Waals surface area contributed by atoms with Gasteiger partial charge in [-0.05, 0) is 13.0 Å². The smallest absolute Gasteiger partial charge is 0.226 e. The van der Waals surface area contributed by atoms with E-state index in [0.29, 0.717) is 0 Å². The van der Waals surface area contributed by atoms with E-state index in [1.165, 1.54) is 0 Å². The van der Waals surface area contributed by atoms with Gasteiger partial charge < -0.3 is 9.64 Å². The van der Waals surface area contributed by atoms with Crippen LogP contribution >= 0.6 is 0 Å². The fourth-order valence-electron chi connectivity index (χ4n) is 1.30. The molecule has 0 unspecified atom stereocenters. The molecule has 1 aromatic heterocycles. The standard InChI is InChI=1S/C9H12N3O/c1-8-2-3-10-9(11-8)12-4-6-13-7-5-12/h2H,4-7H2,1H3. The van der Waals surface area contributed by atoms with Gasteiger partial charge in [0.15, 0.2) is 0 Å². The largest absolute Gasteiger partial charge is 0.378 e. The predicted octanol–water partition coefficient (Wildman–Crippen LogP) is 0.422. The molecule has 0 N–H and O–H groups in total. The van der Waals surface area contributed by atoms with Gasteiger partial charge in [-0.25, -0.2) is 9.97 Å². The molecule has 2 rings (SSSR count). The number of morpholine rings is 1. The normalized spacial score (nSPS) is 17.5. The lowest BCUT2D eigenvalue weighted by Gasteiger charge is -2.26. The van der Waals surface area contributed by atoms with Gasteiger partial charge in [0.1, 0.15) is 0 Å². The van der Waals surface area contributed by atoms with Crippen LogP contribution in [0.2, 0.25) is 0 Å². The minimum atomic E-state index is 0.761. The van der Waals surface area contributed by atoms with Gasteiger partial charge in [0, 0.05) is 18.8 Å². The third kappa shape index (κ3) is 1.95. The van der Waals surface area contributed by atoms with Crippen molar-refractivity contribution < 1.29 is 4.74 Å². The summed E-state index contributed by atoms with van der Waals surface area (Å²) in [5.41, 5.74) is 0.955. The molecule has 0 aliphatic carbocycles. The van der Waals surface area contributed by atoms with Crippen molar-refractivity contribution in [1.82, 2.24) is 9.97 Å². The van der Waals surface area contributed by atoms with Crippen molar-refractivity contribution in [2.24, 2.45) is 0 Å². The second-order valence-corrected chi connectivity index (χ2v) is 3.04. The summed E-state index contributed by atoms with van der Waals surface area (Å²) in [5.74, 6) is 0.767. The van der Waals surface area contributed by atoms with Gasteiger partial charge in [0.05, 0.1) is 19.4 Å². The van der Waals surface area contributed by atoms with E-state index in [9.17, 15) is 0 Å². The molecule has 0 aromatic carbocycles. The highest BCUT2D eigenvalue weighted by Gasteiger charge is 2.12. The van der Waals surface area contributed by atoms with E-state index in [4.69, 9.17) is 4.74 Å². The van der Waals surface area contributed by atoms with Crippen LogP contribution in [0.5, 0.6) is 0 Å². The number of aromatic nitrogens is 2. The lowest BCUT2D eigenvalue weighted by molar-refractivity contribution is 0.122. The van der Waals surface area contributed by atoms with Crippen LogP contribution in [0.15, 0.2) is 6.07 Å². The monoisotopic (exact) mass is 178 g/mol. The molecule has 1 radical (unpaired) electrons. The fourth-order valence-corrected chi connectivity index (χ4v) is 1.30. The lowest BCUT2D eigenvalue weighted by atomic mass is 10.4. The molecule has 13 heavy (non-hydrogen) atoms. The number of rotatable bonds is 1. The third-order valence-electron chi connectivity index (χ3n) is 2.01. The molecule has 0 spiro atoms. The van der Waals surface area contributed by atoms with E-state index >= 15 is 0 Å². The molecule has 0 amide bonds. The van der Waals surface area contributed by atoms with Gasteiger partial charge in [0.25, 0.3) is 0 Å². The summed E-state index contributed by atoms with van der Waals surface area (Å²) in [5, 5.41) is 0. The molecular weight excluding hydrogens is 166 g/mol. The zero-order valence-corrected chi connectivity index (χ0v) is 7.66. The Kier molecular flexibility index (Phi) is 2.40. The van der Waals surface area contributed by atoms with Crippen molar-refractivity contribution >= 4 is 5.95 Å². The number of hydrogen-bond acceptors (Lipinski definition) is 4. The summed E-state index contributed by atoms with van der Waals surface area (Å²) in [6.45, 7) is 5.21. The Morgan fingerprint density at radius 2 is 2.23 bits per heavy atom. The van der Waals surface area contributed by atoms with Crippen molar-refractivity contribution in [1.29, 1.82) is 0 Å². The molecule has 1 aliphatic rings.